The highest BCUT2D eigenvalue weighted by Crippen LogP contribution is 2.20. The molecule has 19 heavy (non-hydrogen) atoms. The van der Waals surface area contributed by atoms with Crippen LogP contribution in [0.25, 0.3) is 0 Å². The average molecular weight is 270 g/mol. The van der Waals surface area contributed by atoms with Crippen LogP contribution in [0.3, 0.4) is 0 Å². The second kappa shape index (κ2) is 6.70. The minimum Gasteiger partial charge on any atom is -0.544 e. The molecule has 5 heteroatoms. The van der Waals surface area contributed by atoms with Gasteiger partial charge >= 0.3 is 0 Å². The van der Waals surface area contributed by atoms with Crippen LogP contribution in [-0.4, -0.2) is 49.1 Å². The number of quaternary nitrogens is 1. The Kier molecular flexibility index (Phi) is 6.22. The van der Waals surface area contributed by atoms with Crippen LogP contribution in [0, 0.1) is 0 Å². The first-order valence-electron chi connectivity index (χ1n) is 6.50. The van der Waals surface area contributed by atoms with E-state index in [-0.39, 0.29) is 5.91 Å². The number of carbonyl (C=O) groups excluding carboxylic acids is 2. The van der Waals surface area contributed by atoms with Crippen molar-refractivity contribution < 1.29 is 19.2 Å². The van der Waals surface area contributed by atoms with Gasteiger partial charge in [0, 0.05) is 12.1 Å². The van der Waals surface area contributed by atoms with Crippen LogP contribution in [0.1, 0.15) is 33.6 Å². The summed E-state index contributed by atoms with van der Waals surface area (Å²) in [4.78, 5) is 22.4. The van der Waals surface area contributed by atoms with Crippen molar-refractivity contribution in [2.45, 2.75) is 39.2 Å². The Hall–Kier alpha value is -1.36. The summed E-state index contributed by atoms with van der Waals surface area (Å²) in [6, 6.07) is 0. The Morgan fingerprint density at radius 1 is 1.26 bits per heavy atom. The van der Waals surface area contributed by atoms with E-state index in [2.05, 4.69) is 11.9 Å². The fraction of sp³-hybridized carbons (Fsp3) is 0.714. The van der Waals surface area contributed by atoms with Gasteiger partial charge in [-0.2, -0.15) is 0 Å². The number of carboxylic acids is 1. The van der Waals surface area contributed by atoms with Crippen molar-refractivity contribution in [2.75, 3.05) is 27.2 Å². The molecule has 0 unspecified atom stereocenters. The molecule has 0 bridgehead atoms. The zero-order valence-electron chi connectivity index (χ0n) is 12.7. The van der Waals surface area contributed by atoms with Gasteiger partial charge in [-0.1, -0.05) is 6.58 Å². The van der Waals surface area contributed by atoms with Gasteiger partial charge < -0.3 is 19.7 Å². The molecule has 0 spiro atoms. The number of hydrogen-bond donors (Lipinski definition) is 1. The molecule has 1 N–H and O–H groups in total. The van der Waals surface area contributed by atoms with Crippen molar-refractivity contribution in [1.29, 1.82) is 0 Å². The lowest BCUT2D eigenvalue weighted by Gasteiger charge is -2.45. The first-order chi connectivity index (χ1) is 8.52. The van der Waals surface area contributed by atoms with Gasteiger partial charge in [-0.3, -0.25) is 4.79 Å². The van der Waals surface area contributed by atoms with Gasteiger partial charge in [-0.15, -0.1) is 0 Å². The summed E-state index contributed by atoms with van der Waals surface area (Å²) in [5.41, 5.74) is -0.435. The third-order valence-corrected chi connectivity index (χ3v) is 3.83. The summed E-state index contributed by atoms with van der Waals surface area (Å²) in [6.45, 7) is 9.86. The first kappa shape index (κ1) is 17.6. The molecule has 0 saturated carbocycles. The topological polar surface area (TPSA) is 69.2 Å². The van der Waals surface area contributed by atoms with Crippen molar-refractivity contribution in [2.24, 2.45) is 0 Å². The second-order valence-corrected chi connectivity index (χ2v) is 6.00. The van der Waals surface area contributed by atoms with Gasteiger partial charge in [0.15, 0.2) is 0 Å². The fourth-order valence-electron chi connectivity index (χ4n) is 1.51. The largest absolute Gasteiger partial charge is 0.544 e. The normalized spacial score (nSPS) is 12.1. The lowest BCUT2D eigenvalue weighted by atomic mass is 10.00. The molecule has 0 aliphatic rings. The number of unbranched alkanes of at least 4 members (excludes halogenated alkanes) is 1. The summed E-state index contributed by atoms with van der Waals surface area (Å²) < 4.78 is 0.351. The van der Waals surface area contributed by atoms with Crippen LogP contribution >= 0.6 is 0 Å². The summed E-state index contributed by atoms with van der Waals surface area (Å²) in [6.07, 6.45) is 1.64. The number of hydrogen-bond acceptors (Lipinski definition) is 3. The van der Waals surface area contributed by atoms with E-state index in [1.807, 2.05) is 14.1 Å². The lowest BCUT2D eigenvalue weighted by molar-refractivity contribution is -0.930. The highest BCUT2D eigenvalue weighted by Gasteiger charge is 2.37. The highest BCUT2D eigenvalue weighted by molar-refractivity contribution is 5.91. The number of likely N-dealkylation sites (N-methyl/N-ethyl adjacent to an activating group) is 1. The lowest BCUT2D eigenvalue weighted by Crippen LogP contribution is -2.64. The Labute approximate surface area is 115 Å². The predicted octanol–water partition coefficient (Wildman–Crippen LogP) is 0.0638. The Bertz CT molecular complexity index is 360. The maximum atomic E-state index is 11.3. The molecule has 110 valence electrons. The third-order valence-electron chi connectivity index (χ3n) is 3.83. The Balaban J connectivity index is 4.11. The molecular weight excluding hydrogens is 244 g/mol. The van der Waals surface area contributed by atoms with Crippen molar-refractivity contribution in [3.8, 4) is 0 Å². The minimum absolute atomic E-state index is 0.135. The minimum atomic E-state index is -1.05. The standard InChI is InChI=1S/C14H26N2O3/c1-11(2)12(17)15-9-7-8-10-16(5,6)14(3,4)13(18)19/h1,7-10H2,2-6H3,(H-,15,17,18,19). The van der Waals surface area contributed by atoms with E-state index in [9.17, 15) is 14.7 Å². The molecule has 5 nitrogen and oxygen atoms in total. The number of rotatable bonds is 8. The van der Waals surface area contributed by atoms with E-state index in [0.29, 0.717) is 23.1 Å². The van der Waals surface area contributed by atoms with Crippen molar-refractivity contribution in [1.82, 2.24) is 5.32 Å². The van der Waals surface area contributed by atoms with E-state index >= 15 is 0 Å². The van der Waals surface area contributed by atoms with Crippen molar-refractivity contribution in [3.05, 3.63) is 12.2 Å². The molecule has 0 aromatic carbocycles. The molecule has 0 rings (SSSR count). The zero-order valence-corrected chi connectivity index (χ0v) is 12.7. The van der Waals surface area contributed by atoms with Gasteiger partial charge in [-0.05, 0) is 33.6 Å². The van der Waals surface area contributed by atoms with Crippen LogP contribution in [0.2, 0.25) is 0 Å². The van der Waals surface area contributed by atoms with Crippen molar-refractivity contribution >= 4 is 11.9 Å². The molecule has 0 aromatic heterocycles. The van der Waals surface area contributed by atoms with E-state index in [4.69, 9.17) is 0 Å². The quantitative estimate of drug-likeness (QED) is 0.385. The average Bonchev–Trinajstić information content (AvgIpc) is 2.27. The van der Waals surface area contributed by atoms with Gasteiger partial charge in [-0.25, -0.2) is 0 Å². The molecule has 0 aromatic rings. The number of carboxylic acid groups (broad SMARTS) is 1. The van der Waals surface area contributed by atoms with E-state index in [1.54, 1.807) is 20.8 Å². The summed E-state index contributed by atoms with van der Waals surface area (Å²) in [5.74, 6) is -1.18. The number of amides is 1. The van der Waals surface area contributed by atoms with E-state index in [0.717, 1.165) is 12.8 Å². The van der Waals surface area contributed by atoms with Gasteiger partial charge in [0.2, 0.25) is 5.91 Å². The molecular formula is C14H26N2O3. The number of aliphatic carboxylic acids is 1. The van der Waals surface area contributed by atoms with Gasteiger partial charge in [0.1, 0.15) is 11.5 Å². The molecule has 0 heterocycles. The Morgan fingerprint density at radius 2 is 1.79 bits per heavy atom. The summed E-state index contributed by atoms with van der Waals surface area (Å²) in [7, 11) is 3.75. The van der Waals surface area contributed by atoms with Gasteiger partial charge in [0.05, 0.1) is 20.6 Å². The maximum Gasteiger partial charge on any atom is 0.246 e. The second-order valence-electron chi connectivity index (χ2n) is 6.00. The predicted molar refractivity (Wildman–Crippen MR) is 73.1 cm³/mol. The van der Waals surface area contributed by atoms with Crippen LogP contribution in [0.5, 0.6) is 0 Å². The fourth-order valence-corrected chi connectivity index (χ4v) is 1.51. The Morgan fingerprint density at radius 3 is 2.21 bits per heavy atom. The zero-order chi connectivity index (χ0) is 15.3. The first-order valence-corrected chi connectivity index (χ1v) is 6.50. The monoisotopic (exact) mass is 270 g/mol. The SMILES string of the molecule is C=C(C)C(=O)NCCCC[N+](C)(C)C(C)(C)C(=O)[O-]. The van der Waals surface area contributed by atoms with Crippen LogP contribution in [0.15, 0.2) is 12.2 Å². The summed E-state index contributed by atoms with van der Waals surface area (Å²) in [5, 5.41) is 13.9. The molecule has 0 fully saturated rings. The maximum absolute atomic E-state index is 11.3. The molecule has 0 atom stereocenters. The molecule has 0 radical (unpaired) electrons. The van der Waals surface area contributed by atoms with Crippen LogP contribution in [0.4, 0.5) is 0 Å². The van der Waals surface area contributed by atoms with Crippen molar-refractivity contribution in [3.63, 3.8) is 0 Å². The van der Waals surface area contributed by atoms with E-state index < -0.39 is 11.5 Å². The van der Waals surface area contributed by atoms with Crippen LogP contribution < -0.4 is 10.4 Å². The number of nitrogens with zero attached hydrogens (tertiary/aromatic N) is 1. The molecule has 0 aliphatic carbocycles. The van der Waals surface area contributed by atoms with E-state index in [1.165, 1.54) is 0 Å². The van der Waals surface area contributed by atoms with Gasteiger partial charge in [0.25, 0.3) is 0 Å². The smallest absolute Gasteiger partial charge is 0.246 e. The summed E-state index contributed by atoms with van der Waals surface area (Å²) >= 11 is 0. The molecule has 0 saturated heterocycles. The molecule has 1 amide bonds. The number of carbonyl (C=O) groups is 2. The third kappa shape index (κ3) is 5.03. The van der Waals surface area contributed by atoms with Crippen LogP contribution in [-0.2, 0) is 9.59 Å². The molecule has 0 aliphatic heterocycles. The number of nitrogens with one attached hydrogen (secondary N) is 1. The highest BCUT2D eigenvalue weighted by atomic mass is 16.4.